The molecular weight excluding hydrogens is 212 g/mol. The summed E-state index contributed by atoms with van der Waals surface area (Å²) in [6.07, 6.45) is 3.03. The molecule has 0 aromatic heterocycles. The fourth-order valence-corrected chi connectivity index (χ4v) is 1.59. The number of carbonyl (C=O) groups excluding carboxylic acids is 1. The first-order chi connectivity index (χ1) is 8.19. The number of nitrogens with one attached hydrogen (secondary N) is 1. The predicted molar refractivity (Wildman–Crippen MR) is 68.5 cm³/mol. The standard InChI is InChI=1S/C14H18N2O/c1-3-4-7-11(2)14(17)16-13-9-6-5-8-12(13)10-15/h5-6,8-9,11H,3-4,7H2,1-2H3,(H,16,17). The minimum atomic E-state index is -0.0128. The number of nitriles is 1. The summed E-state index contributed by atoms with van der Waals surface area (Å²) in [5.41, 5.74) is 1.10. The van der Waals surface area contributed by atoms with Crippen molar-refractivity contribution in [1.29, 1.82) is 5.26 Å². The minimum absolute atomic E-state index is 0.0123. The zero-order chi connectivity index (χ0) is 12.7. The van der Waals surface area contributed by atoms with Crippen LogP contribution in [0.3, 0.4) is 0 Å². The van der Waals surface area contributed by atoms with Crippen LogP contribution < -0.4 is 5.32 Å². The Labute approximate surface area is 102 Å². The van der Waals surface area contributed by atoms with Crippen LogP contribution in [-0.2, 0) is 4.79 Å². The molecule has 1 N–H and O–H groups in total. The highest BCUT2D eigenvalue weighted by Gasteiger charge is 2.13. The quantitative estimate of drug-likeness (QED) is 0.843. The molecule has 1 rings (SSSR count). The molecule has 0 saturated heterocycles. The number of benzene rings is 1. The number of unbranched alkanes of at least 4 members (excludes halogenated alkanes) is 1. The van der Waals surface area contributed by atoms with Crippen LogP contribution in [0.25, 0.3) is 0 Å². The molecular formula is C14H18N2O. The second-order valence-corrected chi connectivity index (χ2v) is 4.19. The average molecular weight is 230 g/mol. The van der Waals surface area contributed by atoms with E-state index in [4.69, 9.17) is 5.26 Å². The van der Waals surface area contributed by atoms with E-state index >= 15 is 0 Å². The molecule has 1 atom stereocenters. The molecule has 0 spiro atoms. The Bertz CT molecular complexity index is 420. The van der Waals surface area contributed by atoms with Gasteiger partial charge in [-0.2, -0.15) is 5.26 Å². The second kappa shape index (κ2) is 6.70. The minimum Gasteiger partial charge on any atom is -0.325 e. The second-order valence-electron chi connectivity index (χ2n) is 4.19. The summed E-state index contributed by atoms with van der Waals surface area (Å²) < 4.78 is 0. The van der Waals surface area contributed by atoms with Crippen LogP contribution in [0.4, 0.5) is 5.69 Å². The number of para-hydroxylation sites is 1. The lowest BCUT2D eigenvalue weighted by Gasteiger charge is -2.12. The Morgan fingerprint density at radius 2 is 2.18 bits per heavy atom. The van der Waals surface area contributed by atoms with Crippen molar-refractivity contribution in [3.63, 3.8) is 0 Å². The molecule has 1 amide bonds. The first-order valence-corrected chi connectivity index (χ1v) is 5.99. The summed E-state index contributed by atoms with van der Waals surface area (Å²) in [7, 11) is 0. The van der Waals surface area contributed by atoms with Crippen LogP contribution in [0.2, 0.25) is 0 Å². The zero-order valence-electron chi connectivity index (χ0n) is 10.4. The lowest BCUT2D eigenvalue weighted by molar-refractivity contribution is -0.119. The summed E-state index contributed by atoms with van der Waals surface area (Å²) in [5, 5.41) is 11.7. The van der Waals surface area contributed by atoms with Crippen LogP contribution in [0.5, 0.6) is 0 Å². The molecule has 1 aromatic carbocycles. The van der Waals surface area contributed by atoms with E-state index in [1.165, 1.54) is 0 Å². The Kier molecular flexibility index (Phi) is 5.22. The number of anilines is 1. The van der Waals surface area contributed by atoms with Gasteiger partial charge < -0.3 is 5.32 Å². The van der Waals surface area contributed by atoms with Crippen molar-refractivity contribution in [2.24, 2.45) is 5.92 Å². The van der Waals surface area contributed by atoms with Gasteiger partial charge in [0.1, 0.15) is 6.07 Å². The SMILES string of the molecule is CCCCC(C)C(=O)Nc1ccccc1C#N. The maximum Gasteiger partial charge on any atom is 0.227 e. The predicted octanol–water partition coefficient (Wildman–Crippen LogP) is 3.32. The van der Waals surface area contributed by atoms with Crippen molar-refractivity contribution in [1.82, 2.24) is 0 Å². The third-order valence-corrected chi connectivity index (χ3v) is 2.74. The first kappa shape index (κ1) is 13.2. The van der Waals surface area contributed by atoms with Crippen LogP contribution in [-0.4, -0.2) is 5.91 Å². The lowest BCUT2D eigenvalue weighted by Crippen LogP contribution is -2.20. The molecule has 3 nitrogen and oxygen atoms in total. The largest absolute Gasteiger partial charge is 0.325 e. The molecule has 3 heteroatoms. The van der Waals surface area contributed by atoms with Crippen molar-refractivity contribution < 1.29 is 4.79 Å². The smallest absolute Gasteiger partial charge is 0.227 e. The van der Waals surface area contributed by atoms with Crippen LogP contribution in [0, 0.1) is 17.2 Å². The Morgan fingerprint density at radius 3 is 2.82 bits per heavy atom. The molecule has 17 heavy (non-hydrogen) atoms. The van der Waals surface area contributed by atoms with Crippen molar-refractivity contribution in [2.45, 2.75) is 33.1 Å². The fraction of sp³-hybridized carbons (Fsp3) is 0.429. The topological polar surface area (TPSA) is 52.9 Å². The number of nitrogens with zero attached hydrogens (tertiary/aromatic N) is 1. The van der Waals surface area contributed by atoms with E-state index in [0.717, 1.165) is 19.3 Å². The molecule has 0 saturated carbocycles. The third kappa shape index (κ3) is 3.92. The monoisotopic (exact) mass is 230 g/mol. The Morgan fingerprint density at radius 1 is 1.47 bits per heavy atom. The Hall–Kier alpha value is -1.82. The van der Waals surface area contributed by atoms with E-state index in [1.54, 1.807) is 18.2 Å². The van der Waals surface area contributed by atoms with Gasteiger partial charge in [0.05, 0.1) is 11.3 Å². The molecule has 0 aliphatic heterocycles. The van der Waals surface area contributed by atoms with E-state index in [2.05, 4.69) is 18.3 Å². The molecule has 1 unspecified atom stereocenters. The van der Waals surface area contributed by atoms with Crippen LogP contribution in [0.15, 0.2) is 24.3 Å². The molecule has 0 bridgehead atoms. The molecule has 0 aliphatic rings. The summed E-state index contributed by atoms with van der Waals surface area (Å²) in [6, 6.07) is 9.12. The summed E-state index contributed by atoms with van der Waals surface area (Å²) in [5.74, 6) is -0.0251. The van der Waals surface area contributed by atoms with Crippen molar-refractivity contribution >= 4 is 11.6 Å². The summed E-state index contributed by atoms with van der Waals surface area (Å²) in [6.45, 7) is 4.02. The van der Waals surface area contributed by atoms with Gasteiger partial charge in [0.15, 0.2) is 0 Å². The van der Waals surface area contributed by atoms with Crippen LogP contribution >= 0.6 is 0 Å². The number of carbonyl (C=O) groups is 1. The van der Waals surface area contributed by atoms with Crippen molar-refractivity contribution in [3.05, 3.63) is 29.8 Å². The molecule has 0 heterocycles. The third-order valence-electron chi connectivity index (χ3n) is 2.74. The normalized spacial score (nSPS) is 11.6. The zero-order valence-corrected chi connectivity index (χ0v) is 10.4. The molecule has 0 fully saturated rings. The van der Waals surface area contributed by atoms with Crippen molar-refractivity contribution in [3.8, 4) is 6.07 Å². The van der Waals surface area contributed by atoms with Crippen LogP contribution in [0.1, 0.15) is 38.7 Å². The molecule has 90 valence electrons. The fourth-order valence-electron chi connectivity index (χ4n) is 1.59. The van der Waals surface area contributed by atoms with Gasteiger partial charge >= 0.3 is 0 Å². The number of hydrogen-bond acceptors (Lipinski definition) is 2. The number of hydrogen-bond donors (Lipinski definition) is 1. The highest BCUT2D eigenvalue weighted by atomic mass is 16.1. The van der Waals surface area contributed by atoms with Gasteiger partial charge in [-0.1, -0.05) is 38.8 Å². The Balaban J connectivity index is 2.65. The van der Waals surface area contributed by atoms with Gasteiger partial charge in [-0.15, -0.1) is 0 Å². The first-order valence-electron chi connectivity index (χ1n) is 5.99. The van der Waals surface area contributed by atoms with E-state index in [-0.39, 0.29) is 11.8 Å². The van der Waals surface area contributed by atoms with Gasteiger partial charge in [0, 0.05) is 5.92 Å². The van der Waals surface area contributed by atoms with E-state index in [0.29, 0.717) is 11.3 Å². The summed E-state index contributed by atoms with van der Waals surface area (Å²) >= 11 is 0. The molecule has 0 aliphatic carbocycles. The van der Waals surface area contributed by atoms with Crippen molar-refractivity contribution in [2.75, 3.05) is 5.32 Å². The van der Waals surface area contributed by atoms with E-state index in [9.17, 15) is 4.79 Å². The maximum atomic E-state index is 11.9. The molecule has 0 radical (unpaired) electrons. The average Bonchev–Trinajstić information content (AvgIpc) is 2.36. The van der Waals surface area contributed by atoms with E-state index in [1.807, 2.05) is 13.0 Å². The number of rotatable bonds is 5. The highest BCUT2D eigenvalue weighted by molar-refractivity contribution is 5.93. The summed E-state index contributed by atoms with van der Waals surface area (Å²) in [4.78, 5) is 11.9. The number of amides is 1. The van der Waals surface area contributed by atoms with Gasteiger partial charge in [-0.3, -0.25) is 4.79 Å². The molecule has 1 aromatic rings. The van der Waals surface area contributed by atoms with E-state index < -0.39 is 0 Å². The van der Waals surface area contributed by atoms with Gasteiger partial charge in [-0.05, 0) is 18.6 Å². The van der Waals surface area contributed by atoms with Gasteiger partial charge in [-0.25, -0.2) is 0 Å². The lowest BCUT2D eigenvalue weighted by atomic mass is 10.0. The van der Waals surface area contributed by atoms with Gasteiger partial charge in [0.2, 0.25) is 5.91 Å². The maximum absolute atomic E-state index is 11.9. The van der Waals surface area contributed by atoms with Gasteiger partial charge in [0.25, 0.3) is 0 Å². The highest BCUT2D eigenvalue weighted by Crippen LogP contribution is 2.16.